The zero-order valence-corrected chi connectivity index (χ0v) is 30.8. The highest BCUT2D eigenvalue weighted by molar-refractivity contribution is 6.82. The Morgan fingerprint density at radius 3 is 1.96 bits per heavy atom. The molecule has 2 heterocycles. The number of rotatable bonds is 5. The minimum absolute atomic E-state index is 0.0613. The van der Waals surface area contributed by atoms with Crippen molar-refractivity contribution in [3.8, 4) is 0 Å². The van der Waals surface area contributed by atoms with E-state index in [0.717, 1.165) is 0 Å². The van der Waals surface area contributed by atoms with Gasteiger partial charge < -0.3 is 14.7 Å². The molecule has 2 aliphatic carbocycles. The van der Waals surface area contributed by atoms with Crippen molar-refractivity contribution in [3.63, 3.8) is 0 Å². The average Bonchev–Trinajstić information content (AvgIpc) is 3.16. The lowest BCUT2D eigenvalue weighted by Gasteiger charge is -2.58. The molecule has 0 saturated carbocycles. The first kappa shape index (κ1) is 32.4. The van der Waals surface area contributed by atoms with Crippen LogP contribution in [-0.4, -0.2) is 18.8 Å². The molecule has 52 heavy (non-hydrogen) atoms. The van der Waals surface area contributed by atoms with Gasteiger partial charge in [0.05, 0.1) is 12.1 Å². The van der Waals surface area contributed by atoms with E-state index in [0.29, 0.717) is 5.82 Å². The summed E-state index contributed by atoms with van der Waals surface area (Å²) in [6.45, 7) is 11.9. The summed E-state index contributed by atoms with van der Waals surface area (Å²) < 4.78 is 0. The van der Waals surface area contributed by atoms with Gasteiger partial charge in [-0.15, -0.1) is 0 Å². The van der Waals surface area contributed by atoms with Crippen LogP contribution in [0.15, 0.2) is 176 Å². The van der Waals surface area contributed by atoms with Crippen LogP contribution in [0.25, 0.3) is 0 Å². The lowest BCUT2D eigenvalue weighted by Crippen LogP contribution is -2.65. The Morgan fingerprint density at radius 2 is 1.29 bits per heavy atom. The van der Waals surface area contributed by atoms with E-state index in [-0.39, 0.29) is 29.5 Å². The molecule has 0 radical (unpaired) electrons. The maximum atomic E-state index is 2.63. The highest BCUT2D eigenvalue weighted by Crippen LogP contribution is 2.58. The van der Waals surface area contributed by atoms with E-state index in [1.807, 2.05) is 0 Å². The molecular weight excluding hydrogens is 629 g/mol. The molecule has 0 amide bonds. The largest absolute Gasteiger partial charge is 0.335 e. The van der Waals surface area contributed by atoms with Crippen molar-refractivity contribution in [1.29, 1.82) is 0 Å². The van der Waals surface area contributed by atoms with Gasteiger partial charge in [0.2, 0.25) is 6.71 Å². The van der Waals surface area contributed by atoms with Crippen LogP contribution in [0.2, 0.25) is 11.1 Å². The second kappa shape index (κ2) is 12.3. The number of para-hydroxylation sites is 3. The smallest absolute Gasteiger partial charge is 0.203 e. The molecule has 5 aromatic carbocycles. The third-order valence-corrected chi connectivity index (χ3v) is 11.9. The standard InChI is InChI=1S/C48H46BN3/c1-34-17-12-14-23-41(34)50(38-29-27-35(28-30-38)47(2,3)4)39-31-32-48(5)45(33-39)52(37-20-10-7-11-21-37)44-26-16-25-43-46(44)49(48)40-22-13-15-24-42(40)51(43)36-18-8-6-9-19-36/h6-33,40,42,45H,1-5H3. The van der Waals surface area contributed by atoms with Gasteiger partial charge in [-0.3, -0.25) is 0 Å². The Morgan fingerprint density at radius 1 is 0.673 bits per heavy atom. The topological polar surface area (TPSA) is 9.72 Å². The number of hydrogen-bond donors (Lipinski definition) is 0. The first-order valence-corrected chi connectivity index (χ1v) is 18.8. The van der Waals surface area contributed by atoms with E-state index >= 15 is 0 Å². The molecule has 4 atom stereocenters. The van der Waals surface area contributed by atoms with Gasteiger partial charge in [-0.25, -0.2) is 0 Å². The van der Waals surface area contributed by atoms with Crippen molar-refractivity contribution >= 4 is 46.3 Å². The molecule has 3 nitrogen and oxygen atoms in total. The molecule has 4 unspecified atom stereocenters. The second-order valence-corrected chi connectivity index (χ2v) is 16.1. The fourth-order valence-corrected chi connectivity index (χ4v) is 9.38. The molecule has 0 spiro atoms. The van der Waals surface area contributed by atoms with Gasteiger partial charge >= 0.3 is 0 Å². The van der Waals surface area contributed by atoms with Crippen molar-refractivity contribution in [2.24, 2.45) is 0 Å². The summed E-state index contributed by atoms with van der Waals surface area (Å²) >= 11 is 0. The monoisotopic (exact) mass is 675 g/mol. The van der Waals surface area contributed by atoms with Crippen LogP contribution in [-0.2, 0) is 5.41 Å². The van der Waals surface area contributed by atoms with Crippen LogP contribution in [0.5, 0.6) is 0 Å². The van der Waals surface area contributed by atoms with E-state index in [1.165, 1.54) is 56.4 Å². The summed E-state index contributed by atoms with van der Waals surface area (Å²) in [4.78, 5) is 7.68. The fourth-order valence-electron chi connectivity index (χ4n) is 9.38. The molecule has 9 rings (SSSR count). The van der Waals surface area contributed by atoms with Crippen LogP contribution in [0.1, 0.15) is 38.8 Å². The molecule has 4 heteroatoms. The third kappa shape index (κ3) is 5.11. The molecule has 2 aliphatic heterocycles. The average molecular weight is 676 g/mol. The van der Waals surface area contributed by atoms with E-state index in [2.05, 4.69) is 219 Å². The summed E-state index contributed by atoms with van der Waals surface area (Å²) in [5, 5.41) is -0.211. The van der Waals surface area contributed by atoms with Crippen molar-refractivity contribution in [1.82, 2.24) is 0 Å². The van der Waals surface area contributed by atoms with Crippen LogP contribution in [0.4, 0.5) is 34.1 Å². The van der Waals surface area contributed by atoms with Gasteiger partial charge in [-0.2, -0.15) is 0 Å². The summed E-state index contributed by atoms with van der Waals surface area (Å²) in [7, 11) is 0. The fraction of sp³-hybridized carbons (Fsp3) is 0.208. The van der Waals surface area contributed by atoms with Crippen LogP contribution < -0.4 is 20.2 Å². The van der Waals surface area contributed by atoms with Crippen LogP contribution in [0.3, 0.4) is 0 Å². The highest BCUT2D eigenvalue weighted by Gasteiger charge is 2.58. The van der Waals surface area contributed by atoms with Crippen molar-refractivity contribution < 1.29 is 0 Å². The molecule has 0 bridgehead atoms. The Labute approximate surface area is 310 Å². The van der Waals surface area contributed by atoms with Crippen LogP contribution >= 0.6 is 0 Å². The second-order valence-electron chi connectivity index (χ2n) is 16.1. The SMILES string of the molecule is Cc1ccccc1N(C1=CC2N(c3ccccc3)c3cccc4c3B(C3C=CC=CC3N4c3ccccc3)C2(C)C=C1)c1ccc(C(C)(C)C)cc1. The first-order chi connectivity index (χ1) is 25.2. The zero-order chi connectivity index (χ0) is 35.6. The number of anilines is 6. The maximum absolute atomic E-state index is 2.63. The van der Waals surface area contributed by atoms with Gasteiger partial charge in [-0.1, -0.05) is 131 Å². The van der Waals surface area contributed by atoms with E-state index in [4.69, 9.17) is 0 Å². The number of aryl methyl sites for hydroxylation is 1. The van der Waals surface area contributed by atoms with E-state index in [1.54, 1.807) is 0 Å². The van der Waals surface area contributed by atoms with Gasteiger partial charge in [-0.05, 0) is 107 Å². The molecule has 5 aromatic rings. The summed E-state index contributed by atoms with van der Waals surface area (Å²) in [5.41, 5.74) is 12.7. The van der Waals surface area contributed by atoms with E-state index in [9.17, 15) is 0 Å². The molecular formula is C48H46BN3. The van der Waals surface area contributed by atoms with Gasteiger partial charge in [0.1, 0.15) is 0 Å². The molecule has 256 valence electrons. The first-order valence-electron chi connectivity index (χ1n) is 18.8. The van der Waals surface area contributed by atoms with Crippen molar-refractivity contribution in [3.05, 3.63) is 187 Å². The number of fused-ring (bicyclic) bond motifs is 4. The molecule has 0 saturated heterocycles. The van der Waals surface area contributed by atoms with Gasteiger partial charge in [0.25, 0.3) is 0 Å². The minimum atomic E-state index is -0.211. The Kier molecular flexibility index (Phi) is 7.70. The van der Waals surface area contributed by atoms with Crippen molar-refractivity contribution in [2.45, 2.75) is 63.2 Å². The number of allylic oxidation sites excluding steroid dienone is 3. The normalized spacial score (nSPS) is 22.8. The molecule has 4 aliphatic rings. The maximum Gasteiger partial charge on any atom is 0.203 e. The number of hydrogen-bond acceptors (Lipinski definition) is 3. The lowest BCUT2D eigenvalue weighted by atomic mass is 9.20. The molecule has 0 fully saturated rings. The number of nitrogens with zero attached hydrogens (tertiary/aromatic N) is 3. The Hall–Kier alpha value is -5.48. The lowest BCUT2D eigenvalue weighted by molar-refractivity contribution is 0.585. The predicted octanol–water partition coefficient (Wildman–Crippen LogP) is 11.6. The van der Waals surface area contributed by atoms with Crippen LogP contribution in [0, 0.1) is 6.92 Å². The summed E-state index contributed by atoms with van der Waals surface area (Å²) in [5.74, 6) is 0.293. The summed E-state index contributed by atoms with van der Waals surface area (Å²) in [6.07, 6.45) is 17.0. The Bertz CT molecular complexity index is 2250. The van der Waals surface area contributed by atoms with E-state index < -0.39 is 0 Å². The summed E-state index contributed by atoms with van der Waals surface area (Å²) in [6, 6.07) is 47.2. The number of benzene rings is 5. The zero-order valence-electron chi connectivity index (χ0n) is 30.8. The highest BCUT2D eigenvalue weighted by atomic mass is 15.2. The third-order valence-electron chi connectivity index (χ3n) is 11.9. The predicted molar refractivity (Wildman–Crippen MR) is 223 cm³/mol. The van der Waals surface area contributed by atoms with Gasteiger partial charge in [0, 0.05) is 39.8 Å². The van der Waals surface area contributed by atoms with Crippen molar-refractivity contribution in [2.75, 3.05) is 14.7 Å². The van der Waals surface area contributed by atoms with Gasteiger partial charge in [0.15, 0.2) is 0 Å². The molecule has 0 N–H and O–H groups in total. The Balaban J connectivity index is 1.27. The quantitative estimate of drug-likeness (QED) is 0.172. The minimum Gasteiger partial charge on any atom is -0.335 e. The molecule has 0 aromatic heterocycles.